The first-order valence-electron chi connectivity index (χ1n) is 7.78. The molecule has 1 aliphatic rings. The van der Waals surface area contributed by atoms with Gasteiger partial charge < -0.3 is 4.74 Å². The van der Waals surface area contributed by atoms with Crippen LogP contribution in [0.1, 0.15) is 56.5 Å². The quantitative estimate of drug-likeness (QED) is 0.640. The number of esters is 1. The van der Waals surface area contributed by atoms with Crippen LogP contribution in [0, 0.1) is 0 Å². The Hall–Kier alpha value is -2.95. The Morgan fingerprint density at radius 1 is 1.00 bits per heavy atom. The van der Waals surface area contributed by atoms with Crippen molar-refractivity contribution in [2.75, 3.05) is 6.61 Å². The van der Waals surface area contributed by atoms with Crippen molar-refractivity contribution in [3.63, 3.8) is 0 Å². The smallest absolute Gasteiger partial charge is 0.338 e. The van der Waals surface area contributed by atoms with Gasteiger partial charge in [-0.1, -0.05) is 24.3 Å². The van der Waals surface area contributed by atoms with Crippen LogP contribution in [0.15, 0.2) is 48.5 Å². The average Bonchev–Trinajstić information content (AvgIpc) is 2.86. The van der Waals surface area contributed by atoms with Gasteiger partial charge in [-0.05, 0) is 43.7 Å². The van der Waals surface area contributed by atoms with Gasteiger partial charge in [-0.3, -0.25) is 14.5 Å². The van der Waals surface area contributed by atoms with Crippen molar-refractivity contribution < 1.29 is 19.1 Å². The second-order valence-electron chi connectivity index (χ2n) is 5.54. The van der Waals surface area contributed by atoms with Gasteiger partial charge in [0.05, 0.1) is 29.3 Å². The molecule has 0 radical (unpaired) electrons. The Labute approximate surface area is 139 Å². The third-order valence-electron chi connectivity index (χ3n) is 4.12. The van der Waals surface area contributed by atoms with Crippen molar-refractivity contribution in [2.45, 2.75) is 19.9 Å². The van der Waals surface area contributed by atoms with Crippen LogP contribution >= 0.6 is 0 Å². The number of benzene rings is 2. The monoisotopic (exact) mass is 323 g/mol. The number of nitrogens with zero attached hydrogens (tertiary/aromatic N) is 1. The van der Waals surface area contributed by atoms with E-state index in [0.717, 1.165) is 5.56 Å². The van der Waals surface area contributed by atoms with Gasteiger partial charge in [0.15, 0.2) is 0 Å². The highest BCUT2D eigenvalue weighted by atomic mass is 16.5. The second kappa shape index (κ2) is 6.28. The first-order valence-corrected chi connectivity index (χ1v) is 7.78. The molecule has 0 saturated heterocycles. The van der Waals surface area contributed by atoms with E-state index in [2.05, 4.69) is 0 Å². The first-order chi connectivity index (χ1) is 11.5. The lowest BCUT2D eigenvalue weighted by Gasteiger charge is -2.23. The van der Waals surface area contributed by atoms with Gasteiger partial charge in [0.1, 0.15) is 0 Å². The highest BCUT2D eigenvalue weighted by Crippen LogP contribution is 2.31. The molecular formula is C19H17NO4. The summed E-state index contributed by atoms with van der Waals surface area (Å²) < 4.78 is 4.95. The number of fused-ring (bicyclic) bond motifs is 1. The molecule has 3 rings (SSSR count). The minimum atomic E-state index is -0.423. The van der Waals surface area contributed by atoms with E-state index in [4.69, 9.17) is 4.74 Å². The van der Waals surface area contributed by atoms with Crippen LogP contribution in [0.4, 0.5) is 0 Å². The fourth-order valence-corrected chi connectivity index (χ4v) is 2.82. The Kier molecular flexibility index (Phi) is 4.16. The van der Waals surface area contributed by atoms with E-state index in [1.54, 1.807) is 62.4 Å². The summed E-state index contributed by atoms with van der Waals surface area (Å²) in [6, 6.07) is 13.1. The van der Waals surface area contributed by atoms with Crippen molar-refractivity contribution in [3.8, 4) is 0 Å². The van der Waals surface area contributed by atoms with Gasteiger partial charge in [0, 0.05) is 0 Å². The van der Waals surface area contributed by atoms with Crippen molar-refractivity contribution in [3.05, 3.63) is 70.8 Å². The molecule has 1 unspecified atom stereocenters. The number of imide groups is 1. The molecule has 0 bridgehead atoms. The van der Waals surface area contributed by atoms with E-state index in [9.17, 15) is 14.4 Å². The summed E-state index contributed by atoms with van der Waals surface area (Å²) in [6.45, 7) is 3.85. The van der Waals surface area contributed by atoms with Crippen LogP contribution < -0.4 is 0 Å². The zero-order valence-corrected chi connectivity index (χ0v) is 13.5. The number of amides is 2. The SMILES string of the molecule is CCOC(=O)c1ccc(C(C)N2C(=O)c3ccccc3C2=O)cc1. The van der Waals surface area contributed by atoms with Gasteiger partial charge in [-0.2, -0.15) is 0 Å². The van der Waals surface area contributed by atoms with Gasteiger partial charge >= 0.3 is 5.97 Å². The number of rotatable bonds is 4. The molecule has 5 nitrogen and oxygen atoms in total. The number of ether oxygens (including phenoxy) is 1. The molecule has 2 aromatic carbocycles. The minimum Gasteiger partial charge on any atom is -0.462 e. The molecule has 0 aromatic heterocycles. The summed E-state index contributed by atoms with van der Waals surface area (Å²) in [6.07, 6.45) is 0. The standard InChI is InChI=1S/C19H17NO4/c1-3-24-19(23)14-10-8-13(9-11-14)12(2)20-17(21)15-6-4-5-7-16(15)18(20)22/h4-12H,3H2,1-2H3. The summed E-state index contributed by atoms with van der Waals surface area (Å²) in [4.78, 5) is 38.0. The molecule has 0 fully saturated rings. The predicted octanol–water partition coefficient (Wildman–Crippen LogP) is 3.22. The van der Waals surface area contributed by atoms with Crippen molar-refractivity contribution in [2.24, 2.45) is 0 Å². The largest absolute Gasteiger partial charge is 0.462 e. The number of carbonyl (C=O) groups excluding carboxylic acids is 3. The zero-order chi connectivity index (χ0) is 17.3. The lowest BCUT2D eigenvalue weighted by molar-refractivity contribution is 0.0523. The molecule has 24 heavy (non-hydrogen) atoms. The maximum atomic E-state index is 12.5. The summed E-state index contributed by atoms with van der Waals surface area (Å²) >= 11 is 0. The van der Waals surface area contributed by atoms with Crippen LogP contribution in [0.2, 0.25) is 0 Å². The maximum Gasteiger partial charge on any atom is 0.338 e. The molecule has 1 aliphatic heterocycles. The van der Waals surface area contributed by atoms with Crippen LogP contribution in [-0.2, 0) is 4.74 Å². The summed E-state index contributed by atoms with van der Waals surface area (Å²) in [7, 11) is 0. The molecule has 0 spiro atoms. The van der Waals surface area contributed by atoms with Crippen molar-refractivity contribution in [1.82, 2.24) is 4.90 Å². The molecule has 2 amide bonds. The highest BCUT2D eigenvalue weighted by molar-refractivity contribution is 6.21. The van der Waals surface area contributed by atoms with E-state index in [1.165, 1.54) is 4.90 Å². The summed E-state index contributed by atoms with van der Waals surface area (Å²) in [5.74, 6) is -0.979. The zero-order valence-electron chi connectivity index (χ0n) is 13.5. The fraction of sp³-hybridized carbons (Fsp3) is 0.211. The third-order valence-corrected chi connectivity index (χ3v) is 4.12. The molecule has 1 atom stereocenters. The van der Waals surface area contributed by atoms with Crippen LogP contribution in [0.5, 0.6) is 0 Å². The average molecular weight is 323 g/mol. The third kappa shape index (κ3) is 2.58. The lowest BCUT2D eigenvalue weighted by Crippen LogP contribution is -2.32. The molecule has 0 aliphatic carbocycles. The maximum absolute atomic E-state index is 12.5. The minimum absolute atomic E-state index is 0.294. The number of carbonyl (C=O) groups is 3. The van der Waals surface area contributed by atoms with Crippen LogP contribution in [0.25, 0.3) is 0 Å². The van der Waals surface area contributed by atoms with E-state index in [0.29, 0.717) is 23.3 Å². The first kappa shape index (κ1) is 15.9. The molecular weight excluding hydrogens is 306 g/mol. The number of hydrogen-bond donors (Lipinski definition) is 0. The normalized spacial score (nSPS) is 14.5. The molecule has 0 N–H and O–H groups in total. The van der Waals surface area contributed by atoms with E-state index in [-0.39, 0.29) is 11.8 Å². The Morgan fingerprint density at radius 2 is 1.54 bits per heavy atom. The molecule has 5 heteroatoms. The van der Waals surface area contributed by atoms with Gasteiger partial charge in [0.25, 0.3) is 11.8 Å². The Balaban J connectivity index is 1.85. The molecule has 2 aromatic rings. The van der Waals surface area contributed by atoms with E-state index < -0.39 is 12.0 Å². The molecule has 122 valence electrons. The topological polar surface area (TPSA) is 63.7 Å². The van der Waals surface area contributed by atoms with Gasteiger partial charge in [0.2, 0.25) is 0 Å². The number of hydrogen-bond acceptors (Lipinski definition) is 4. The van der Waals surface area contributed by atoms with Crippen molar-refractivity contribution in [1.29, 1.82) is 0 Å². The molecule has 0 saturated carbocycles. The van der Waals surface area contributed by atoms with Gasteiger partial charge in [-0.25, -0.2) is 4.79 Å². The van der Waals surface area contributed by atoms with E-state index >= 15 is 0 Å². The fourth-order valence-electron chi connectivity index (χ4n) is 2.82. The Bertz CT molecular complexity index is 775. The summed E-state index contributed by atoms with van der Waals surface area (Å²) in [5.41, 5.74) is 2.07. The molecule has 1 heterocycles. The van der Waals surface area contributed by atoms with Crippen LogP contribution in [-0.4, -0.2) is 29.3 Å². The van der Waals surface area contributed by atoms with Gasteiger partial charge in [-0.15, -0.1) is 0 Å². The lowest BCUT2D eigenvalue weighted by atomic mass is 10.0. The van der Waals surface area contributed by atoms with E-state index in [1.807, 2.05) is 0 Å². The van der Waals surface area contributed by atoms with Crippen LogP contribution in [0.3, 0.4) is 0 Å². The van der Waals surface area contributed by atoms with Crippen molar-refractivity contribution >= 4 is 17.8 Å². The summed E-state index contributed by atoms with van der Waals surface area (Å²) in [5, 5.41) is 0. The predicted molar refractivity (Wildman–Crippen MR) is 87.8 cm³/mol. The Morgan fingerprint density at radius 3 is 2.04 bits per heavy atom. The second-order valence-corrected chi connectivity index (χ2v) is 5.54. The highest BCUT2D eigenvalue weighted by Gasteiger charge is 2.38.